The van der Waals surface area contributed by atoms with E-state index in [1.54, 1.807) is 24.0 Å². The molecular weight excluding hydrogens is 966 g/mol. The summed E-state index contributed by atoms with van der Waals surface area (Å²) in [4.78, 5) is 62.8. The van der Waals surface area contributed by atoms with Gasteiger partial charge >= 0.3 is 376 Å². The molecule has 0 bridgehead atoms. The monoisotopic (exact) mass is 1020 g/mol. The van der Waals surface area contributed by atoms with Crippen molar-refractivity contribution in [3.63, 3.8) is 0 Å². The van der Waals surface area contributed by atoms with Crippen LogP contribution in [0.3, 0.4) is 0 Å². The van der Waals surface area contributed by atoms with E-state index >= 15 is 9.59 Å². The predicted molar refractivity (Wildman–Crippen MR) is 248 cm³/mol. The summed E-state index contributed by atoms with van der Waals surface area (Å²) in [5.41, 5.74) is 4.90. The maximum absolute atomic E-state index is 15.5. The van der Waals surface area contributed by atoms with Crippen LogP contribution in [0.15, 0.2) is 138 Å². The molecule has 0 saturated carbocycles. The fraction of sp³-hybridized carbons (Fsp3) is 0.226. The maximum atomic E-state index is 15.5. The molecule has 0 N–H and O–H groups in total. The van der Waals surface area contributed by atoms with Crippen molar-refractivity contribution in [1.29, 1.82) is 0 Å². The van der Waals surface area contributed by atoms with Crippen LogP contribution in [-0.2, 0) is 22.7 Å². The average molecular weight is 1020 g/mol. The molecule has 4 amide bonds. The van der Waals surface area contributed by atoms with Gasteiger partial charge in [0, 0.05) is 0 Å². The summed E-state index contributed by atoms with van der Waals surface area (Å²) in [7, 11) is -2.90. The van der Waals surface area contributed by atoms with E-state index in [0.29, 0.717) is 57.4 Å². The minimum atomic E-state index is -2.90. The van der Waals surface area contributed by atoms with Crippen molar-refractivity contribution in [3.05, 3.63) is 171 Å². The molecule has 1 fully saturated rings. The van der Waals surface area contributed by atoms with Gasteiger partial charge in [-0.25, -0.2) is 0 Å². The summed E-state index contributed by atoms with van der Waals surface area (Å²) in [5, 5.41) is 4.80. The fourth-order valence-corrected chi connectivity index (χ4v) is 15.0. The molecule has 7 nitrogen and oxygen atoms in total. The molecule has 8 rings (SSSR count). The third-order valence-corrected chi connectivity index (χ3v) is 17.1. The Morgan fingerprint density at radius 2 is 1.15 bits per heavy atom. The third-order valence-electron chi connectivity index (χ3n) is 11.7. The van der Waals surface area contributed by atoms with Crippen LogP contribution >= 0.6 is 7.26 Å². The van der Waals surface area contributed by atoms with Gasteiger partial charge in [-0.3, -0.25) is 0 Å². The molecule has 5 aromatic rings. The molecule has 0 atom stereocenters. The van der Waals surface area contributed by atoms with Crippen molar-refractivity contribution in [1.82, 2.24) is 9.80 Å². The van der Waals surface area contributed by atoms with E-state index in [1.165, 1.54) is 9.80 Å². The number of carbonyl (C=O) groups excluding carboxylic acids is 4. The summed E-state index contributed by atoms with van der Waals surface area (Å²) < 4.78 is 9.88. The van der Waals surface area contributed by atoms with E-state index in [4.69, 9.17) is 4.74 Å². The molecule has 0 radical (unpaired) electrons. The number of ether oxygens (including phenoxy) is 1. The van der Waals surface area contributed by atoms with Gasteiger partial charge < -0.3 is 0 Å². The number of amides is 4. The van der Waals surface area contributed by atoms with E-state index in [1.807, 2.05) is 78.0 Å². The molecule has 0 spiro atoms. The molecule has 0 aromatic heterocycles. The zero-order chi connectivity index (χ0) is 43.9. The van der Waals surface area contributed by atoms with Gasteiger partial charge in [-0.05, 0) is 0 Å². The predicted octanol–water partition coefficient (Wildman–Crippen LogP) is 9.49. The second-order valence-corrected chi connectivity index (χ2v) is 20.7. The van der Waals surface area contributed by atoms with Crippen LogP contribution in [0.25, 0.3) is 22.4 Å². The number of imide groups is 2. The second-order valence-electron chi connectivity index (χ2n) is 16.7. The molecule has 0 aliphatic carbocycles. The van der Waals surface area contributed by atoms with E-state index in [0.717, 1.165) is 32.4 Å². The zero-order valence-electron chi connectivity index (χ0n) is 35.8. The average Bonchev–Trinajstić information content (AvgIpc) is 3.74. The SMILES string of the molecule is CC=C1COCC1=CC(=C([C]#[Os])[P+](c1ccccc1)(c1ccccc1)c1ccccc1)c1cc2c3c(c(/C=C/C)cc4c3c1C(=O)N(CC(C)C)C4=O)C(=O)N(CC(C)C)C2=O. The second kappa shape index (κ2) is 17.6. The first-order valence-electron chi connectivity index (χ1n) is 21.1. The zero-order valence-corrected chi connectivity index (χ0v) is 39.3. The molecule has 313 valence electrons. The minimum absolute atomic E-state index is 0.0125. The van der Waals surface area contributed by atoms with Crippen LogP contribution in [0.2, 0.25) is 0 Å². The number of hydrogen-bond donors (Lipinski definition) is 0. The molecule has 1 saturated heterocycles. The third kappa shape index (κ3) is 7.14. The van der Waals surface area contributed by atoms with Gasteiger partial charge in [0.1, 0.15) is 0 Å². The van der Waals surface area contributed by atoms with Crippen LogP contribution in [0, 0.1) is 16.2 Å². The van der Waals surface area contributed by atoms with Crippen molar-refractivity contribution in [2.75, 3.05) is 26.3 Å². The van der Waals surface area contributed by atoms with Crippen molar-refractivity contribution < 1.29 is 41.9 Å². The summed E-state index contributed by atoms with van der Waals surface area (Å²) in [6.45, 7) is 12.9. The van der Waals surface area contributed by atoms with E-state index in [-0.39, 0.29) is 30.5 Å². The number of hydrogen-bond acceptors (Lipinski definition) is 5. The van der Waals surface area contributed by atoms with Crippen LogP contribution in [0.1, 0.15) is 94.1 Å². The van der Waals surface area contributed by atoms with E-state index < -0.39 is 30.9 Å². The first kappa shape index (κ1) is 43.1. The van der Waals surface area contributed by atoms with Gasteiger partial charge in [-0.2, -0.15) is 0 Å². The van der Waals surface area contributed by atoms with Crippen molar-refractivity contribution >= 4 is 69.2 Å². The Labute approximate surface area is 374 Å². The summed E-state index contributed by atoms with van der Waals surface area (Å²) >= 11 is 1.64. The Bertz CT molecular complexity index is 2740. The Hall–Kier alpha value is -5.59. The molecule has 3 aliphatic heterocycles. The van der Waals surface area contributed by atoms with Gasteiger partial charge in [0.05, 0.1) is 0 Å². The van der Waals surface area contributed by atoms with Crippen molar-refractivity contribution in [2.45, 2.75) is 41.5 Å². The van der Waals surface area contributed by atoms with Crippen molar-refractivity contribution in [3.8, 4) is 4.37 Å². The first-order valence-corrected chi connectivity index (χ1v) is 24.2. The number of benzene rings is 5. The van der Waals surface area contributed by atoms with Crippen molar-refractivity contribution in [2.24, 2.45) is 11.8 Å². The van der Waals surface area contributed by atoms with Crippen LogP contribution in [-0.4, -0.2) is 59.7 Å². The normalized spacial score (nSPS) is 17.1. The van der Waals surface area contributed by atoms with Crippen LogP contribution < -0.4 is 15.9 Å². The molecule has 3 aliphatic rings. The Morgan fingerprint density at radius 3 is 1.61 bits per heavy atom. The van der Waals surface area contributed by atoms with Gasteiger partial charge in [0.2, 0.25) is 0 Å². The number of carbonyl (C=O) groups is 4. The fourth-order valence-electron chi connectivity index (χ4n) is 9.16. The molecule has 0 unspecified atom stereocenters. The van der Waals surface area contributed by atoms with Crippen LogP contribution in [0.5, 0.6) is 0 Å². The number of nitrogens with zero attached hydrogens (tertiary/aromatic N) is 2. The Kier molecular flexibility index (Phi) is 12.3. The summed E-state index contributed by atoms with van der Waals surface area (Å²) in [6, 6.07) is 35.0. The van der Waals surface area contributed by atoms with Gasteiger partial charge in [-0.15, -0.1) is 0 Å². The first-order chi connectivity index (χ1) is 30.0. The number of allylic oxidation sites excluding steroid dienone is 5. The number of rotatable bonds is 11. The van der Waals surface area contributed by atoms with Gasteiger partial charge in [0.15, 0.2) is 0 Å². The van der Waals surface area contributed by atoms with Gasteiger partial charge in [-0.1, -0.05) is 0 Å². The molecular formula is C53H49N2O5OsP+. The molecule has 9 heteroatoms. The topological polar surface area (TPSA) is 84.0 Å². The Morgan fingerprint density at radius 1 is 0.677 bits per heavy atom. The standard InChI is InChI=1S/C53H49N2O5P.Os/c1-8-19-37-26-44-48-47-45(51(57)54(29-33(3)4)52(58)46(37)47)28-43(49(48)53(59)55(50(44)56)30-34(5)6)42(27-38-32-60-31-36(38)9-2)35(7)61(39-20-13-10-14-21-39,40-22-15-11-16-23-40)41-24-17-12-18-25-41;/h8-28,33-34H,29-32H2,1-6H3;/q+1;/b19-8+,36-9?,38-27?,42-35?;. The summed E-state index contributed by atoms with van der Waals surface area (Å²) in [6.07, 6.45) is 7.82. The van der Waals surface area contributed by atoms with E-state index in [9.17, 15) is 9.59 Å². The molecule has 5 aromatic carbocycles. The summed E-state index contributed by atoms with van der Waals surface area (Å²) in [5.74, 6) is -1.84. The molecule has 3 heterocycles. The van der Waals surface area contributed by atoms with Crippen LogP contribution in [0.4, 0.5) is 0 Å². The quantitative estimate of drug-likeness (QED) is 0.0974. The van der Waals surface area contributed by atoms with E-state index in [2.05, 4.69) is 89.3 Å². The molecule has 62 heavy (non-hydrogen) atoms. The Balaban J connectivity index is 1.65. The van der Waals surface area contributed by atoms with Gasteiger partial charge in [0.25, 0.3) is 0 Å².